The molecule has 0 fully saturated rings. The van der Waals surface area contributed by atoms with Crippen molar-refractivity contribution in [1.82, 2.24) is 25.4 Å². The van der Waals surface area contributed by atoms with Gasteiger partial charge in [-0.2, -0.15) is 4.98 Å². The third-order valence-electron chi connectivity index (χ3n) is 6.12. The van der Waals surface area contributed by atoms with E-state index in [0.29, 0.717) is 18.1 Å². The van der Waals surface area contributed by atoms with Crippen LogP contribution in [0.15, 0.2) is 47.4 Å². The number of nitrogens with one attached hydrogen (secondary N) is 2. The lowest BCUT2D eigenvalue weighted by atomic mass is 9.76. The number of benzene rings is 1. The van der Waals surface area contributed by atoms with Crippen molar-refractivity contribution in [2.45, 2.75) is 39.7 Å². The van der Waals surface area contributed by atoms with Crippen molar-refractivity contribution in [3.8, 4) is 21.9 Å². The van der Waals surface area contributed by atoms with Crippen LogP contribution < -0.4 is 5.32 Å². The minimum Gasteiger partial charge on any atom is -0.359 e. The molecule has 0 radical (unpaired) electrons. The van der Waals surface area contributed by atoms with Gasteiger partial charge in [-0.05, 0) is 49.1 Å². The monoisotopic (exact) mass is 444 g/mol. The molecule has 8 heteroatoms. The van der Waals surface area contributed by atoms with Gasteiger partial charge in [-0.1, -0.05) is 31.1 Å². The Morgan fingerprint density at radius 3 is 2.72 bits per heavy atom. The van der Waals surface area contributed by atoms with E-state index in [4.69, 9.17) is 14.9 Å². The van der Waals surface area contributed by atoms with Crippen molar-refractivity contribution < 1.29 is 4.52 Å². The van der Waals surface area contributed by atoms with E-state index < -0.39 is 5.54 Å². The highest BCUT2D eigenvalue weighted by molar-refractivity contribution is 7.15. The van der Waals surface area contributed by atoms with Crippen LogP contribution in [0, 0.1) is 25.2 Å². The van der Waals surface area contributed by atoms with Crippen molar-refractivity contribution in [2.24, 2.45) is 5.92 Å². The molecule has 162 valence electrons. The van der Waals surface area contributed by atoms with E-state index >= 15 is 0 Å². The quantitative estimate of drug-likeness (QED) is 0.465. The van der Waals surface area contributed by atoms with Gasteiger partial charge in [0.25, 0.3) is 5.89 Å². The van der Waals surface area contributed by atoms with Crippen LogP contribution in [-0.2, 0) is 12.0 Å². The maximum atomic E-state index is 8.68. The van der Waals surface area contributed by atoms with Gasteiger partial charge in [0.15, 0.2) is 6.33 Å². The number of hydrogen-bond donors (Lipinski definition) is 2. The fraction of sp³-hybridized carbons (Fsp3) is 0.292. The van der Waals surface area contributed by atoms with Gasteiger partial charge in [0.05, 0.1) is 16.8 Å². The highest BCUT2D eigenvalue weighted by Crippen LogP contribution is 2.44. The molecular formula is C24H24N6OS. The third kappa shape index (κ3) is 3.31. The van der Waals surface area contributed by atoms with Gasteiger partial charge in [0, 0.05) is 27.9 Å². The summed E-state index contributed by atoms with van der Waals surface area (Å²) < 4.78 is 5.23. The van der Waals surface area contributed by atoms with Gasteiger partial charge in [-0.3, -0.25) is 5.41 Å². The molecule has 0 bridgehead atoms. The summed E-state index contributed by atoms with van der Waals surface area (Å²) in [5, 5.41) is 15.9. The first kappa shape index (κ1) is 20.5. The zero-order valence-corrected chi connectivity index (χ0v) is 19.2. The smallest absolute Gasteiger partial charge is 0.257 e. The number of nitrogens with zero attached hydrogens (tertiary/aromatic N) is 4. The molecule has 0 aliphatic carbocycles. The molecule has 0 amide bonds. The summed E-state index contributed by atoms with van der Waals surface area (Å²) in [5.41, 5.74) is 4.52. The number of aryl methyl sites for hydroxylation is 2. The number of aromatic nitrogens is 4. The van der Waals surface area contributed by atoms with Crippen molar-refractivity contribution in [3.05, 3.63) is 70.4 Å². The van der Waals surface area contributed by atoms with Crippen molar-refractivity contribution >= 4 is 17.2 Å². The van der Waals surface area contributed by atoms with Crippen LogP contribution in [0.25, 0.3) is 21.9 Å². The van der Waals surface area contributed by atoms with Crippen LogP contribution in [-0.4, -0.2) is 25.9 Å². The van der Waals surface area contributed by atoms with E-state index in [1.807, 2.05) is 19.1 Å². The van der Waals surface area contributed by atoms with Gasteiger partial charge in [-0.15, -0.1) is 11.3 Å². The number of fused-ring (bicyclic) bond motifs is 1. The summed E-state index contributed by atoms with van der Waals surface area (Å²) in [6.07, 6.45) is 3.89. The normalized spacial score (nSPS) is 18.0. The van der Waals surface area contributed by atoms with Gasteiger partial charge in [0.2, 0.25) is 0 Å². The second kappa shape index (κ2) is 7.63. The van der Waals surface area contributed by atoms with Crippen LogP contribution in [0.3, 0.4) is 0 Å². The SMILES string of the molecule is Cc1ncc2c(n1)C[C@](c1sc(-c3cccc(-c4ncno4)c3)cc1C)(C(C)C)NC2=N. The van der Waals surface area contributed by atoms with E-state index in [0.717, 1.165) is 33.1 Å². The van der Waals surface area contributed by atoms with Crippen molar-refractivity contribution in [2.75, 3.05) is 0 Å². The van der Waals surface area contributed by atoms with Crippen molar-refractivity contribution in [3.63, 3.8) is 0 Å². The van der Waals surface area contributed by atoms with Crippen molar-refractivity contribution in [1.29, 1.82) is 5.41 Å². The molecule has 32 heavy (non-hydrogen) atoms. The zero-order valence-electron chi connectivity index (χ0n) is 18.4. The van der Waals surface area contributed by atoms with Crippen LogP contribution in [0.5, 0.6) is 0 Å². The van der Waals surface area contributed by atoms with E-state index in [2.05, 4.69) is 59.4 Å². The summed E-state index contributed by atoms with van der Waals surface area (Å²) in [7, 11) is 0. The number of rotatable bonds is 4. The Kier molecular flexibility index (Phi) is 4.89. The maximum absolute atomic E-state index is 8.68. The molecule has 0 spiro atoms. The largest absolute Gasteiger partial charge is 0.359 e. The predicted molar refractivity (Wildman–Crippen MR) is 125 cm³/mol. The Labute approximate surface area is 190 Å². The van der Waals surface area contributed by atoms with Gasteiger partial charge < -0.3 is 9.84 Å². The molecule has 4 heterocycles. The Morgan fingerprint density at radius 1 is 1.16 bits per heavy atom. The Hall–Kier alpha value is -3.39. The molecule has 0 saturated carbocycles. The summed E-state index contributed by atoms with van der Waals surface area (Å²) >= 11 is 1.76. The highest BCUT2D eigenvalue weighted by Gasteiger charge is 2.43. The number of hydrogen-bond acceptors (Lipinski definition) is 7. The molecule has 5 rings (SSSR count). The molecule has 4 aromatic rings. The average Bonchev–Trinajstić information content (AvgIpc) is 3.43. The molecule has 1 aliphatic rings. The second-order valence-electron chi connectivity index (χ2n) is 8.53. The molecule has 1 aliphatic heterocycles. The second-order valence-corrected chi connectivity index (χ2v) is 9.58. The summed E-state index contributed by atoms with van der Waals surface area (Å²) in [6.45, 7) is 8.45. The first-order chi connectivity index (χ1) is 15.4. The molecule has 1 aromatic carbocycles. The molecule has 1 atom stereocenters. The maximum Gasteiger partial charge on any atom is 0.257 e. The predicted octanol–water partition coefficient (Wildman–Crippen LogP) is 4.89. The molecule has 0 saturated heterocycles. The van der Waals surface area contributed by atoms with E-state index in [1.54, 1.807) is 17.5 Å². The van der Waals surface area contributed by atoms with Crippen LogP contribution in [0.2, 0.25) is 0 Å². The average molecular weight is 445 g/mol. The minimum atomic E-state index is -0.401. The minimum absolute atomic E-state index is 0.251. The molecule has 0 unspecified atom stereocenters. The summed E-state index contributed by atoms with van der Waals surface area (Å²) in [4.78, 5) is 15.5. The van der Waals surface area contributed by atoms with Gasteiger partial charge >= 0.3 is 0 Å². The Balaban J connectivity index is 1.59. The van der Waals surface area contributed by atoms with E-state index in [9.17, 15) is 0 Å². The zero-order chi connectivity index (χ0) is 22.5. The fourth-order valence-electron chi connectivity index (χ4n) is 4.38. The number of thiophene rings is 1. The lowest BCUT2D eigenvalue weighted by Gasteiger charge is -2.42. The molecule has 3 aromatic heterocycles. The number of amidine groups is 1. The topological polar surface area (TPSA) is 101 Å². The summed E-state index contributed by atoms with van der Waals surface area (Å²) in [5.74, 6) is 1.87. The van der Waals surface area contributed by atoms with E-state index in [1.165, 1.54) is 16.8 Å². The first-order valence-corrected chi connectivity index (χ1v) is 11.4. The van der Waals surface area contributed by atoms with E-state index in [-0.39, 0.29) is 5.92 Å². The van der Waals surface area contributed by atoms with Crippen LogP contribution in [0.1, 0.15) is 41.4 Å². The van der Waals surface area contributed by atoms with Crippen LogP contribution in [0.4, 0.5) is 0 Å². The third-order valence-corrected chi connectivity index (χ3v) is 7.58. The lowest BCUT2D eigenvalue weighted by Crippen LogP contribution is -2.54. The lowest BCUT2D eigenvalue weighted by molar-refractivity contribution is 0.272. The summed E-state index contributed by atoms with van der Waals surface area (Å²) in [6, 6.07) is 10.4. The Morgan fingerprint density at radius 2 is 1.97 bits per heavy atom. The molecule has 2 N–H and O–H groups in total. The van der Waals surface area contributed by atoms with Crippen LogP contribution >= 0.6 is 11.3 Å². The van der Waals surface area contributed by atoms with Gasteiger partial charge in [-0.25, -0.2) is 9.97 Å². The highest BCUT2D eigenvalue weighted by atomic mass is 32.1. The fourth-order valence-corrected chi connectivity index (χ4v) is 5.84. The first-order valence-electron chi connectivity index (χ1n) is 10.6. The molecule has 7 nitrogen and oxygen atoms in total. The molecular weight excluding hydrogens is 420 g/mol. The Bertz CT molecular complexity index is 1310. The standard InChI is InChI=1S/C24H24N6OS/c1-13(2)24(10-19-18(22(25)30-24)11-26-15(4)29-19)21-14(3)8-20(32-21)16-6-5-7-17(9-16)23-27-12-28-31-23/h5-9,11-13H,10H2,1-4H3,(H2,25,30)/t24-/m1/s1. The van der Waals surface area contributed by atoms with Gasteiger partial charge in [0.1, 0.15) is 11.7 Å².